The molecule has 2 nitrogen and oxygen atoms in total. The van der Waals surface area contributed by atoms with Gasteiger partial charge in [0, 0.05) is 13.1 Å². The molecule has 1 aliphatic rings. The number of hydrogen-bond acceptors (Lipinski definition) is 1. The van der Waals surface area contributed by atoms with Gasteiger partial charge in [-0.1, -0.05) is 25.7 Å². The Morgan fingerprint density at radius 2 is 1.44 bits per heavy atom. The summed E-state index contributed by atoms with van der Waals surface area (Å²) < 4.78 is 62.1. The zero-order chi connectivity index (χ0) is 14.0. The number of halogens is 5. The van der Waals surface area contributed by atoms with Crippen molar-refractivity contribution in [2.75, 3.05) is 7.05 Å². The third-order valence-electron chi connectivity index (χ3n) is 3.32. The zero-order valence-corrected chi connectivity index (χ0v) is 10.1. The summed E-state index contributed by atoms with van der Waals surface area (Å²) in [7, 11) is 1.03. The van der Waals surface area contributed by atoms with Gasteiger partial charge in [0.2, 0.25) is 0 Å². The average molecular weight is 273 g/mol. The van der Waals surface area contributed by atoms with Gasteiger partial charge in [-0.15, -0.1) is 0 Å². The summed E-state index contributed by atoms with van der Waals surface area (Å²) in [5.74, 6) is -7.45. The second-order valence-electron chi connectivity index (χ2n) is 4.63. The van der Waals surface area contributed by atoms with Crippen LogP contribution in [0.3, 0.4) is 0 Å². The Bertz CT molecular complexity index is 294. The van der Waals surface area contributed by atoms with Crippen LogP contribution in [0.15, 0.2) is 0 Å². The highest BCUT2D eigenvalue weighted by atomic mass is 19.4. The van der Waals surface area contributed by atoms with E-state index in [0.717, 1.165) is 32.7 Å². The zero-order valence-electron chi connectivity index (χ0n) is 10.1. The van der Waals surface area contributed by atoms with Crippen molar-refractivity contribution < 1.29 is 26.7 Å². The molecule has 0 radical (unpaired) electrons. The van der Waals surface area contributed by atoms with Crippen molar-refractivity contribution in [1.29, 1.82) is 0 Å². The highest BCUT2D eigenvalue weighted by molar-refractivity contribution is 5.84. The maximum absolute atomic E-state index is 12.9. The molecule has 1 saturated carbocycles. The predicted molar refractivity (Wildman–Crippen MR) is 55.3 cm³/mol. The van der Waals surface area contributed by atoms with Crippen molar-refractivity contribution in [2.45, 2.75) is 56.7 Å². The quantitative estimate of drug-likeness (QED) is 0.558. The molecule has 0 aromatic rings. The van der Waals surface area contributed by atoms with Crippen LogP contribution in [0.4, 0.5) is 22.0 Å². The van der Waals surface area contributed by atoms with Gasteiger partial charge in [-0.2, -0.15) is 22.0 Å². The lowest BCUT2D eigenvalue weighted by molar-refractivity contribution is -0.274. The molecule has 1 amide bonds. The van der Waals surface area contributed by atoms with E-state index in [0.29, 0.717) is 17.7 Å². The molecule has 0 N–H and O–H groups in total. The van der Waals surface area contributed by atoms with E-state index in [9.17, 15) is 26.7 Å². The molecule has 1 fully saturated rings. The van der Waals surface area contributed by atoms with Gasteiger partial charge in [-0.05, 0) is 12.8 Å². The van der Waals surface area contributed by atoms with Crippen LogP contribution in [0.1, 0.15) is 38.5 Å². The van der Waals surface area contributed by atoms with E-state index >= 15 is 0 Å². The number of hydrogen-bond donors (Lipinski definition) is 0. The summed E-state index contributed by atoms with van der Waals surface area (Å²) in [6.45, 7) is 0. The fourth-order valence-corrected chi connectivity index (χ4v) is 2.15. The molecule has 18 heavy (non-hydrogen) atoms. The molecule has 0 aromatic heterocycles. The van der Waals surface area contributed by atoms with Crippen molar-refractivity contribution in [3.63, 3.8) is 0 Å². The summed E-state index contributed by atoms with van der Waals surface area (Å²) in [4.78, 5) is 11.8. The van der Waals surface area contributed by atoms with E-state index in [1.165, 1.54) is 0 Å². The summed E-state index contributed by atoms with van der Waals surface area (Å²) in [5, 5.41) is 0. The summed E-state index contributed by atoms with van der Waals surface area (Å²) >= 11 is 0. The van der Waals surface area contributed by atoms with E-state index < -0.39 is 24.0 Å². The van der Waals surface area contributed by atoms with Crippen LogP contribution in [0.5, 0.6) is 0 Å². The Labute approximate surface area is 102 Å². The van der Waals surface area contributed by atoms with Gasteiger partial charge in [0.1, 0.15) is 0 Å². The van der Waals surface area contributed by atoms with Gasteiger partial charge in [0.15, 0.2) is 0 Å². The summed E-state index contributed by atoms with van der Waals surface area (Å²) in [6.07, 6.45) is -1.52. The predicted octanol–water partition coefficient (Wildman–Crippen LogP) is 3.37. The van der Waals surface area contributed by atoms with Gasteiger partial charge >= 0.3 is 18.0 Å². The van der Waals surface area contributed by atoms with Gasteiger partial charge < -0.3 is 4.90 Å². The third kappa shape index (κ3) is 3.11. The second kappa shape index (κ2) is 5.40. The van der Waals surface area contributed by atoms with E-state index in [-0.39, 0.29) is 0 Å². The van der Waals surface area contributed by atoms with E-state index in [1.807, 2.05) is 0 Å². The topological polar surface area (TPSA) is 20.3 Å². The fraction of sp³-hybridized carbons (Fsp3) is 0.909. The largest absolute Gasteiger partial charge is 0.463 e. The third-order valence-corrected chi connectivity index (χ3v) is 3.32. The first-order valence-electron chi connectivity index (χ1n) is 5.89. The van der Waals surface area contributed by atoms with Gasteiger partial charge in [-0.3, -0.25) is 4.79 Å². The van der Waals surface area contributed by atoms with Crippen molar-refractivity contribution >= 4 is 5.91 Å². The molecule has 0 unspecified atom stereocenters. The van der Waals surface area contributed by atoms with Gasteiger partial charge in [0.05, 0.1) is 0 Å². The van der Waals surface area contributed by atoms with E-state index in [1.54, 1.807) is 0 Å². The number of carbonyl (C=O) groups excluding carboxylic acids is 1. The first-order chi connectivity index (χ1) is 8.18. The lowest BCUT2D eigenvalue weighted by Gasteiger charge is -2.31. The van der Waals surface area contributed by atoms with Crippen LogP contribution in [0.2, 0.25) is 0 Å². The lowest BCUT2D eigenvalue weighted by atomic mass is 10.1. The lowest BCUT2D eigenvalue weighted by Crippen LogP contribution is -2.53. The van der Waals surface area contributed by atoms with Crippen molar-refractivity contribution in [3.8, 4) is 0 Å². The highest BCUT2D eigenvalue weighted by Gasteiger charge is 2.64. The molecule has 1 rings (SSSR count). The normalized spacial score (nSPS) is 19.4. The Morgan fingerprint density at radius 1 is 1.00 bits per heavy atom. The van der Waals surface area contributed by atoms with Gasteiger partial charge in [0.25, 0.3) is 0 Å². The SMILES string of the molecule is CN(C(=O)C(F)(F)C(F)(F)F)C1CCCCCC1. The molecule has 0 bridgehead atoms. The minimum Gasteiger partial charge on any atom is -0.337 e. The number of carbonyl (C=O) groups is 1. The minimum absolute atomic E-state index is 0.482. The molecule has 7 heteroatoms. The molecule has 0 atom stereocenters. The standard InChI is InChI=1S/C11H16F5NO/c1-17(8-6-4-2-3-5-7-8)9(18)10(12,13)11(14,15)16/h8H,2-7H2,1H3. The monoisotopic (exact) mass is 273 g/mol. The fourth-order valence-electron chi connectivity index (χ4n) is 2.15. The van der Waals surface area contributed by atoms with Crippen molar-refractivity contribution in [1.82, 2.24) is 4.90 Å². The Morgan fingerprint density at radius 3 is 1.83 bits per heavy atom. The van der Waals surface area contributed by atoms with Crippen molar-refractivity contribution in [2.24, 2.45) is 0 Å². The average Bonchev–Trinajstić information content (AvgIpc) is 2.53. The van der Waals surface area contributed by atoms with Crippen molar-refractivity contribution in [3.05, 3.63) is 0 Å². The number of nitrogens with zero attached hydrogens (tertiary/aromatic N) is 1. The molecule has 0 heterocycles. The second-order valence-corrected chi connectivity index (χ2v) is 4.63. The van der Waals surface area contributed by atoms with Crippen LogP contribution < -0.4 is 0 Å². The van der Waals surface area contributed by atoms with Crippen LogP contribution in [-0.4, -0.2) is 36.0 Å². The summed E-state index contributed by atoms with van der Waals surface area (Å²) in [6, 6.07) is -0.520. The molecule has 1 aliphatic carbocycles. The molecule has 0 aromatic carbocycles. The molecule has 0 saturated heterocycles. The molecule has 0 aliphatic heterocycles. The number of amides is 1. The maximum Gasteiger partial charge on any atom is 0.463 e. The maximum atomic E-state index is 12.9. The first kappa shape index (κ1) is 15.2. The Kier molecular flexibility index (Phi) is 4.55. The Hall–Kier alpha value is -0.880. The molecule has 106 valence electrons. The van der Waals surface area contributed by atoms with Gasteiger partial charge in [-0.25, -0.2) is 0 Å². The summed E-state index contributed by atoms with van der Waals surface area (Å²) in [5.41, 5.74) is 0. The highest BCUT2D eigenvalue weighted by Crippen LogP contribution is 2.37. The van der Waals surface area contributed by atoms with E-state index in [2.05, 4.69) is 0 Å². The number of rotatable bonds is 2. The van der Waals surface area contributed by atoms with Crippen LogP contribution in [0, 0.1) is 0 Å². The molecule has 0 spiro atoms. The first-order valence-corrected chi connectivity index (χ1v) is 5.89. The van der Waals surface area contributed by atoms with Crippen LogP contribution in [-0.2, 0) is 4.79 Å². The van der Waals surface area contributed by atoms with Crippen LogP contribution >= 0.6 is 0 Å². The van der Waals surface area contributed by atoms with E-state index in [4.69, 9.17) is 0 Å². The minimum atomic E-state index is -5.83. The van der Waals surface area contributed by atoms with Crippen LogP contribution in [0.25, 0.3) is 0 Å². The Balaban J connectivity index is 2.76. The molecular formula is C11H16F5NO. The number of alkyl halides is 5. The molecular weight excluding hydrogens is 257 g/mol. The smallest absolute Gasteiger partial charge is 0.337 e.